The first-order valence-electron chi connectivity index (χ1n) is 9.99. The van der Waals surface area contributed by atoms with Crippen molar-refractivity contribution in [3.05, 3.63) is 41.6 Å². The molecule has 0 saturated carbocycles. The van der Waals surface area contributed by atoms with Crippen molar-refractivity contribution >= 4 is 22.4 Å². The SMILES string of the molecule is CC(C)N1C[C@H](C(=O)N2CCCC2)C=C2c3cccc4[nH]cc(c34)C[C@H]21. The predicted octanol–water partition coefficient (Wildman–Crippen LogP) is 3.44. The van der Waals surface area contributed by atoms with Crippen LogP contribution in [0.5, 0.6) is 0 Å². The summed E-state index contributed by atoms with van der Waals surface area (Å²) in [5, 5.41) is 1.35. The molecule has 4 heteroatoms. The van der Waals surface area contributed by atoms with Crippen LogP contribution in [0, 0.1) is 5.92 Å². The molecule has 1 aromatic carbocycles. The standard InChI is InChI=1S/C22H27N3O/c1-14(2)25-13-16(22(26)24-8-3-4-9-24)10-18-17-6-5-7-19-21(17)15(12-23-19)11-20(18)25/h5-7,10,12,14,16,20,23H,3-4,8-9,11,13H2,1-2H3/t16-,20-/m1/s1. The number of hydrogen-bond donors (Lipinski definition) is 1. The summed E-state index contributed by atoms with van der Waals surface area (Å²) in [6, 6.07) is 7.33. The quantitative estimate of drug-likeness (QED) is 0.902. The Bertz CT molecular complexity index is 888. The van der Waals surface area contributed by atoms with Crippen molar-refractivity contribution in [1.82, 2.24) is 14.8 Å². The monoisotopic (exact) mass is 349 g/mol. The molecule has 2 aliphatic heterocycles. The molecular formula is C22H27N3O. The number of benzene rings is 1. The number of carbonyl (C=O) groups is 1. The molecule has 136 valence electrons. The summed E-state index contributed by atoms with van der Waals surface area (Å²) in [4.78, 5) is 21.2. The average molecular weight is 349 g/mol. The van der Waals surface area contributed by atoms with Crippen LogP contribution in [0.25, 0.3) is 16.5 Å². The fourth-order valence-electron chi connectivity index (χ4n) is 5.17. The van der Waals surface area contributed by atoms with Gasteiger partial charge in [0.05, 0.1) is 5.92 Å². The van der Waals surface area contributed by atoms with Gasteiger partial charge in [-0.1, -0.05) is 18.2 Å². The number of nitrogens with zero attached hydrogens (tertiary/aromatic N) is 2. The predicted molar refractivity (Wildman–Crippen MR) is 105 cm³/mol. The van der Waals surface area contributed by atoms with E-state index in [-0.39, 0.29) is 5.92 Å². The molecule has 1 aliphatic carbocycles. The lowest BCUT2D eigenvalue weighted by Gasteiger charge is -2.44. The molecule has 0 spiro atoms. The van der Waals surface area contributed by atoms with Crippen LogP contribution in [-0.2, 0) is 11.2 Å². The van der Waals surface area contributed by atoms with E-state index >= 15 is 0 Å². The third-order valence-corrected chi connectivity index (χ3v) is 6.46. The lowest BCUT2D eigenvalue weighted by atomic mass is 9.79. The minimum atomic E-state index is -0.0162. The van der Waals surface area contributed by atoms with Crippen LogP contribution < -0.4 is 0 Å². The first-order chi connectivity index (χ1) is 12.6. The summed E-state index contributed by atoms with van der Waals surface area (Å²) in [5.74, 6) is 0.309. The molecule has 0 radical (unpaired) electrons. The van der Waals surface area contributed by atoms with Crippen LogP contribution >= 0.6 is 0 Å². The van der Waals surface area contributed by atoms with E-state index < -0.39 is 0 Å². The van der Waals surface area contributed by atoms with Crippen molar-refractivity contribution in [2.75, 3.05) is 19.6 Å². The zero-order valence-electron chi connectivity index (χ0n) is 15.7. The van der Waals surface area contributed by atoms with Crippen LogP contribution in [-0.4, -0.2) is 52.4 Å². The second-order valence-corrected chi connectivity index (χ2v) is 8.31. The van der Waals surface area contributed by atoms with E-state index in [1.807, 2.05) is 0 Å². The first-order valence-corrected chi connectivity index (χ1v) is 9.99. The van der Waals surface area contributed by atoms with Gasteiger partial charge in [-0.2, -0.15) is 0 Å². The number of nitrogens with one attached hydrogen (secondary N) is 1. The molecule has 1 fully saturated rings. The lowest BCUT2D eigenvalue weighted by molar-refractivity contribution is -0.133. The normalized spacial score (nSPS) is 25.7. The van der Waals surface area contributed by atoms with E-state index in [1.54, 1.807) is 0 Å². The number of H-pyrrole nitrogens is 1. The minimum absolute atomic E-state index is 0.0162. The van der Waals surface area contributed by atoms with Gasteiger partial charge in [0.1, 0.15) is 0 Å². The van der Waals surface area contributed by atoms with E-state index in [0.29, 0.717) is 18.0 Å². The average Bonchev–Trinajstić information content (AvgIpc) is 3.31. The Balaban J connectivity index is 1.61. The van der Waals surface area contributed by atoms with Gasteiger partial charge in [0.2, 0.25) is 5.91 Å². The van der Waals surface area contributed by atoms with Gasteiger partial charge in [0, 0.05) is 48.8 Å². The van der Waals surface area contributed by atoms with Crippen LogP contribution in [0.15, 0.2) is 30.5 Å². The van der Waals surface area contributed by atoms with Crippen molar-refractivity contribution in [2.45, 2.75) is 45.2 Å². The maximum Gasteiger partial charge on any atom is 0.230 e. The van der Waals surface area contributed by atoms with Gasteiger partial charge in [-0.3, -0.25) is 9.69 Å². The van der Waals surface area contributed by atoms with Crippen molar-refractivity contribution < 1.29 is 4.79 Å². The second-order valence-electron chi connectivity index (χ2n) is 8.31. The number of amides is 1. The highest BCUT2D eigenvalue weighted by atomic mass is 16.2. The third-order valence-electron chi connectivity index (χ3n) is 6.46. The maximum absolute atomic E-state index is 13.1. The molecule has 3 aliphatic rings. The Hall–Kier alpha value is -2.07. The van der Waals surface area contributed by atoms with Crippen LogP contribution in [0.4, 0.5) is 0 Å². The van der Waals surface area contributed by atoms with Crippen LogP contribution in [0.3, 0.4) is 0 Å². The molecule has 1 aromatic heterocycles. The minimum Gasteiger partial charge on any atom is -0.361 e. The van der Waals surface area contributed by atoms with Crippen LogP contribution in [0.1, 0.15) is 37.8 Å². The maximum atomic E-state index is 13.1. The third kappa shape index (κ3) is 2.35. The number of rotatable bonds is 2. The smallest absolute Gasteiger partial charge is 0.230 e. The molecule has 26 heavy (non-hydrogen) atoms. The van der Waals surface area contributed by atoms with E-state index in [4.69, 9.17) is 0 Å². The van der Waals surface area contributed by atoms with Gasteiger partial charge >= 0.3 is 0 Å². The van der Waals surface area contributed by atoms with Crippen molar-refractivity contribution in [3.63, 3.8) is 0 Å². The number of carbonyl (C=O) groups excluding carboxylic acids is 1. The molecule has 1 saturated heterocycles. The molecule has 2 aromatic rings. The molecule has 0 unspecified atom stereocenters. The molecule has 2 atom stereocenters. The largest absolute Gasteiger partial charge is 0.361 e. The Morgan fingerprint density at radius 1 is 1.23 bits per heavy atom. The van der Waals surface area contributed by atoms with E-state index in [0.717, 1.165) is 38.9 Å². The van der Waals surface area contributed by atoms with Crippen molar-refractivity contribution in [1.29, 1.82) is 0 Å². The highest BCUT2D eigenvalue weighted by Gasteiger charge is 2.39. The molecule has 3 heterocycles. The van der Waals surface area contributed by atoms with Gasteiger partial charge in [0.15, 0.2) is 0 Å². The summed E-state index contributed by atoms with van der Waals surface area (Å²) in [6.07, 6.45) is 7.81. The highest BCUT2D eigenvalue weighted by molar-refractivity contribution is 5.99. The number of likely N-dealkylation sites (tertiary alicyclic amines) is 1. The number of fused-ring (bicyclic) bond motifs is 2. The Labute approximate surface area is 154 Å². The van der Waals surface area contributed by atoms with Gasteiger partial charge in [-0.25, -0.2) is 0 Å². The van der Waals surface area contributed by atoms with Crippen molar-refractivity contribution in [3.8, 4) is 0 Å². The number of aromatic nitrogens is 1. The molecule has 0 bridgehead atoms. The molecule has 1 N–H and O–H groups in total. The highest BCUT2D eigenvalue weighted by Crippen LogP contribution is 2.42. The summed E-state index contributed by atoms with van der Waals surface area (Å²) in [6.45, 7) is 7.22. The van der Waals surface area contributed by atoms with E-state index in [1.165, 1.54) is 27.6 Å². The molecular weight excluding hydrogens is 322 g/mol. The fourth-order valence-corrected chi connectivity index (χ4v) is 5.17. The van der Waals surface area contributed by atoms with E-state index in [2.05, 4.69) is 59.1 Å². The van der Waals surface area contributed by atoms with Crippen molar-refractivity contribution in [2.24, 2.45) is 5.92 Å². The summed E-state index contributed by atoms with van der Waals surface area (Å²) in [5.41, 5.74) is 5.30. The topological polar surface area (TPSA) is 39.3 Å². The zero-order chi connectivity index (χ0) is 17.8. The summed E-state index contributed by atoms with van der Waals surface area (Å²) in [7, 11) is 0. The molecule has 4 nitrogen and oxygen atoms in total. The zero-order valence-corrected chi connectivity index (χ0v) is 15.7. The Morgan fingerprint density at radius 2 is 2.04 bits per heavy atom. The fraction of sp³-hybridized carbons (Fsp3) is 0.500. The summed E-state index contributed by atoms with van der Waals surface area (Å²) < 4.78 is 0. The lowest BCUT2D eigenvalue weighted by Crippen LogP contribution is -2.51. The van der Waals surface area contributed by atoms with Gasteiger partial charge in [0.25, 0.3) is 0 Å². The Morgan fingerprint density at radius 3 is 2.81 bits per heavy atom. The molecule has 5 rings (SSSR count). The summed E-state index contributed by atoms with van der Waals surface area (Å²) >= 11 is 0. The Kier molecular flexibility index (Phi) is 3.71. The van der Waals surface area contributed by atoms with Gasteiger partial charge in [-0.15, -0.1) is 0 Å². The van der Waals surface area contributed by atoms with Gasteiger partial charge in [-0.05, 0) is 55.9 Å². The number of aromatic amines is 1. The van der Waals surface area contributed by atoms with E-state index in [9.17, 15) is 4.79 Å². The molecule has 1 amide bonds. The van der Waals surface area contributed by atoms with Gasteiger partial charge < -0.3 is 9.88 Å². The number of hydrogen-bond acceptors (Lipinski definition) is 2. The van der Waals surface area contributed by atoms with Crippen LogP contribution in [0.2, 0.25) is 0 Å². The second kappa shape index (κ2) is 5.98. The first kappa shape index (κ1) is 16.1.